The molecule has 1 amide bonds. The van der Waals surface area contributed by atoms with Crippen LogP contribution in [0.15, 0.2) is 0 Å². The van der Waals surface area contributed by atoms with E-state index in [0.717, 1.165) is 0 Å². The molecule has 1 unspecified atom stereocenters. The van der Waals surface area contributed by atoms with E-state index < -0.39 is 6.10 Å². The Hall–Kier alpha value is -0.570. The van der Waals surface area contributed by atoms with Gasteiger partial charge >= 0.3 is 0 Å². The Morgan fingerprint density at radius 1 is 1.55 bits per heavy atom. The van der Waals surface area contributed by atoms with Crippen molar-refractivity contribution in [2.75, 3.05) is 6.54 Å². The molecule has 0 saturated heterocycles. The summed E-state index contributed by atoms with van der Waals surface area (Å²) in [6.45, 7) is 7.87. The summed E-state index contributed by atoms with van der Waals surface area (Å²) in [5.74, 6) is -0.292. The van der Waals surface area contributed by atoms with Gasteiger partial charge in [0.2, 0.25) is 5.91 Å². The Morgan fingerprint density at radius 3 is 2.27 bits per heavy atom. The normalized spacial score (nSPS) is 14.3. The first-order valence-electron chi connectivity index (χ1n) is 3.85. The van der Waals surface area contributed by atoms with E-state index in [4.69, 9.17) is 0 Å². The van der Waals surface area contributed by atoms with Gasteiger partial charge in [0, 0.05) is 6.54 Å². The van der Waals surface area contributed by atoms with Crippen molar-refractivity contribution in [2.24, 2.45) is 5.41 Å². The lowest BCUT2D eigenvalue weighted by Crippen LogP contribution is -2.42. The molecule has 0 radical (unpaired) electrons. The quantitative estimate of drug-likeness (QED) is 0.617. The van der Waals surface area contributed by atoms with E-state index in [-0.39, 0.29) is 11.3 Å². The van der Waals surface area contributed by atoms with Crippen LogP contribution in [0.1, 0.15) is 27.7 Å². The first-order chi connectivity index (χ1) is 4.89. The molecule has 0 aromatic carbocycles. The van der Waals surface area contributed by atoms with Crippen LogP contribution in [-0.4, -0.2) is 23.7 Å². The molecule has 0 aliphatic heterocycles. The van der Waals surface area contributed by atoms with Gasteiger partial charge in [0.15, 0.2) is 0 Å². The lowest BCUT2D eigenvalue weighted by atomic mass is 9.89. The third-order valence-corrected chi connectivity index (χ3v) is 1.42. The average Bonchev–Trinajstić information content (AvgIpc) is 1.85. The van der Waals surface area contributed by atoms with Crippen LogP contribution in [0.5, 0.6) is 0 Å². The maximum absolute atomic E-state index is 11.0. The summed E-state index contributed by atoms with van der Waals surface area (Å²) in [5, 5.41) is 11.9. The maximum atomic E-state index is 11.0. The van der Waals surface area contributed by atoms with Gasteiger partial charge in [-0.25, -0.2) is 0 Å². The van der Waals surface area contributed by atoms with E-state index in [2.05, 4.69) is 5.32 Å². The molecule has 66 valence electrons. The fourth-order valence-electron chi connectivity index (χ4n) is 0.664. The molecule has 1 atom stereocenters. The Labute approximate surface area is 67.8 Å². The molecule has 0 bridgehead atoms. The van der Waals surface area contributed by atoms with E-state index in [1.807, 2.05) is 27.7 Å². The Bertz CT molecular complexity index is 138. The van der Waals surface area contributed by atoms with Crippen LogP contribution < -0.4 is 5.32 Å². The standard InChI is InChI=1S/C8H17NO2/c1-5-9-7(11)6(10)8(2,3)4/h6,10H,5H2,1-4H3,(H,9,11). The summed E-state index contributed by atoms with van der Waals surface area (Å²) in [4.78, 5) is 11.0. The number of rotatable bonds is 2. The number of amides is 1. The lowest BCUT2D eigenvalue weighted by molar-refractivity contribution is -0.134. The Morgan fingerprint density at radius 2 is 2.00 bits per heavy atom. The zero-order valence-corrected chi connectivity index (χ0v) is 7.64. The van der Waals surface area contributed by atoms with Crippen LogP contribution in [-0.2, 0) is 4.79 Å². The number of hydrogen-bond acceptors (Lipinski definition) is 2. The van der Waals surface area contributed by atoms with Gasteiger partial charge in [0.25, 0.3) is 0 Å². The number of hydrogen-bond donors (Lipinski definition) is 2. The number of aliphatic hydroxyl groups is 1. The molecule has 3 nitrogen and oxygen atoms in total. The number of likely N-dealkylation sites (N-methyl/N-ethyl adjacent to an activating group) is 1. The first-order valence-corrected chi connectivity index (χ1v) is 3.85. The van der Waals surface area contributed by atoms with Crippen LogP contribution >= 0.6 is 0 Å². The van der Waals surface area contributed by atoms with Gasteiger partial charge in [0.05, 0.1) is 0 Å². The van der Waals surface area contributed by atoms with Crippen molar-refractivity contribution in [1.82, 2.24) is 5.32 Å². The number of nitrogens with one attached hydrogen (secondary N) is 1. The molecule has 11 heavy (non-hydrogen) atoms. The second kappa shape index (κ2) is 3.72. The van der Waals surface area contributed by atoms with Gasteiger partial charge in [-0.2, -0.15) is 0 Å². The van der Waals surface area contributed by atoms with Crippen LogP contribution in [0.4, 0.5) is 0 Å². The zero-order valence-electron chi connectivity index (χ0n) is 7.64. The van der Waals surface area contributed by atoms with Crippen molar-refractivity contribution in [2.45, 2.75) is 33.8 Å². The summed E-state index contributed by atoms with van der Waals surface area (Å²) in [7, 11) is 0. The molecule has 0 saturated carbocycles. The predicted octanol–water partition coefficient (Wildman–Crippen LogP) is 0.529. The third kappa shape index (κ3) is 3.37. The zero-order chi connectivity index (χ0) is 9.07. The average molecular weight is 159 g/mol. The minimum absolute atomic E-state index is 0.292. The van der Waals surface area contributed by atoms with E-state index >= 15 is 0 Å². The third-order valence-electron chi connectivity index (χ3n) is 1.42. The molecule has 0 aromatic rings. The van der Waals surface area contributed by atoms with E-state index in [1.54, 1.807) is 0 Å². The SMILES string of the molecule is CCNC(=O)C(O)C(C)(C)C. The van der Waals surface area contributed by atoms with Crippen LogP contribution in [0, 0.1) is 5.41 Å². The molecule has 0 fully saturated rings. The van der Waals surface area contributed by atoms with Crippen molar-refractivity contribution in [3.8, 4) is 0 Å². The largest absolute Gasteiger partial charge is 0.383 e. The van der Waals surface area contributed by atoms with Gasteiger partial charge in [0.1, 0.15) is 6.10 Å². The Balaban J connectivity index is 4.03. The second-order valence-electron chi connectivity index (χ2n) is 3.66. The second-order valence-corrected chi connectivity index (χ2v) is 3.66. The van der Waals surface area contributed by atoms with Crippen molar-refractivity contribution in [3.05, 3.63) is 0 Å². The number of carbonyl (C=O) groups excluding carboxylic acids is 1. The highest BCUT2D eigenvalue weighted by Crippen LogP contribution is 2.18. The molecule has 2 N–H and O–H groups in total. The number of carbonyl (C=O) groups is 1. The summed E-state index contributed by atoms with van der Waals surface area (Å²) in [6.07, 6.45) is -0.914. The van der Waals surface area contributed by atoms with Gasteiger partial charge in [-0.05, 0) is 12.3 Å². The molecule has 0 aliphatic rings. The summed E-state index contributed by atoms with van der Waals surface area (Å²) in [5.41, 5.74) is -0.376. The van der Waals surface area contributed by atoms with Crippen molar-refractivity contribution in [1.29, 1.82) is 0 Å². The monoisotopic (exact) mass is 159 g/mol. The van der Waals surface area contributed by atoms with Crippen LogP contribution in [0.2, 0.25) is 0 Å². The van der Waals surface area contributed by atoms with Crippen molar-refractivity contribution >= 4 is 5.91 Å². The molecule has 0 rings (SSSR count). The topological polar surface area (TPSA) is 49.3 Å². The van der Waals surface area contributed by atoms with Crippen LogP contribution in [0.25, 0.3) is 0 Å². The Kier molecular flexibility index (Phi) is 3.52. The van der Waals surface area contributed by atoms with Crippen LogP contribution in [0.3, 0.4) is 0 Å². The predicted molar refractivity (Wildman–Crippen MR) is 44.1 cm³/mol. The van der Waals surface area contributed by atoms with Crippen molar-refractivity contribution in [3.63, 3.8) is 0 Å². The fourth-order valence-corrected chi connectivity index (χ4v) is 0.664. The minimum atomic E-state index is -0.914. The summed E-state index contributed by atoms with van der Waals surface area (Å²) < 4.78 is 0. The van der Waals surface area contributed by atoms with Crippen molar-refractivity contribution < 1.29 is 9.90 Å². The van der Waals surface area contributed by atoms with Gasteiger partial charge in [-0.15, -0.1) is 0 Å². The first kappa shape index (κ1) is 10.4. The van der Waals surface area contributed by atoms with E-state index in [0.29, 0.717) is 6.54 Å². The smallest absolute Gasteiger partial charge is 0.249 e. The highest BCUT2D eigenvalue weighted by atomic mass is 16.3. The van der Waals surface area contributed by atoms with Gasteiger partial charge in [-0.3, -0.25) is 4.79 Å². The highest BCUT2D eigenvalue weighted by molar-refractivity contribution is 5.81. The molecular weight excluding hydrogens is 142 g/mol. The molecule has 0 aromatic heterocycles. The van der Waals surface area contributed by atoms with E-state index in [9.17, 15) is 9.90 Å². The lowest BCUT2D eigenvalue weighted by Gasteiger charge is -2.24. The summed E-state index contributed by atoms with van der Waals surface area (Å²) >= 11 is 0. The molecule has 0 spiro atoms. The van der Waals surface area contributed by atoms with Gasteiger partial charge in [-0.1, -0.05) is 20.8 Å². The van der Waals surface area contributed by atoms with Gasteiger partial charge < -0.3 is 10.4 Å². The molecule has 0 heterocycles. The minimum Gasteiger partial charge on any atom is -0.383 e. The summed E-state index contributed by atoms with van der Waals surface area (Å²) in [6, 6.07) is 0. The number of aliphatic hydroxyl groups excluding tert-OH is 1. The highest BCUT2D eigenvalue weighted by Gasteiger charge is 2.28. The molecule has 0 aliphatic carbocycles. The maximum Gasteiger partial charge on any atom is 0.249 e. The van der Waals surface area contributed by atoms with E-state index in [1.165, 1.54) is 0 Å². The molecule has 3 heteroatoms. The molecular formula is C8H17NO2. The fraction of sp³-hybridized carbons (Fsp3) is 0.875.